The fourth-order valence-corrected chi connectivity index (χ4v) is 2.65. The molecule has 1 unspecified atom stereocenters. The maximum atomic E-state index is 12.2. The van der Waals surface area contributed by atoms with Crippen LogP contribution < -0.4 is 14.8 Å². The minimum atomic E-state index is -4.37. The van der Waals surface area contributed by atoms with Crippen LogP contribution in [0.1, 0.15) is 23.7 Å². The van der Waals surface area contributed by atoms with E-state index >= 15 is 0 Å². The van der Waals surface area contributed by atoms with Crippen molar-refractivity contribution in [1.82, 2.24) is 0 Å². The number of halogens is 3. The molecule has 0 aromatic heterocycles. The summed E-state index contributed by atoms with van der Waals surface area (Å²) in [6, 6.07) is 11.9. The van der Waals surface area contributed by atoms with Crippen molar-refractivity contribution in [1.29, 1.82) is 0 Å². The number of fused-ring (bicyclic) bond motifs is 1. The topological polar surface area (TPSA) is 50.7 Å². The maximum Gasteiger partial charge on any atom is 0.422 e. The molecule has 0 amide bonds. The first-order chi connectivity index (χ1) is 11.9. The average molecular weight is 353 g/mol. The quantitative estimate of drug-likeness (QED) is 0.851. The summed E-state index contributed by atoms with van der Waals surface area (Å²) in [5.41, 5.74) is 2.24. The summed E-state index contributed by atoms with van der Waals surface area (Å²) in [6.45, 7) is -0.492. The number of anilines is 1. The average Bonchev–Trinajstić information content (AvgIpc) is 2.58. The lowest BCUT2D eigenvalue weighted by Crippen LogP contribution is -2.19. The fraction of sp³-hybridized carbons (Fsp3) is 0.333. The van der Waals surface area contributed by atoms with Gasteiger partial charge >= 0.3 is 6.18 Å². The number of rotatable bonds is 5. The molecule has 7 heteroatoms. The molecule has 4 nitrogen and oxygen atoms in total. The molecule has 0 saturated heterocycles. The van der Waals surface area contributed by atoms with E-state index in [9.17, 15) is 18.3 Å². The highest BCUT2D eigenvalue weighted by molar-refractivity contribution is 5.61. The van der Waals surface area contributed by atoms with Gasteiger partial charge in [-0.3, -0.25) is 0 Å². The van der Waals surface area contributed by atoms with Crippen molar-refractivity contribution >= 4 is 5.69 Å². The molecule has 0 spiro atoms. The number of ether oxygens (including phenoxy) is 2. The van der Waals surface area contributed by atoms with Crippen LogP contribution in [0.5, 0.6) is 11.5 Å². The highest BCUT2D eigenvalue weighted by atomic mass is 19.4. The lowest BCUT2D eigenvalue weighted by molar-refractivity contribution is -0.153. The van der Waals surface area contributed by atoms with Gasteiger partial charge in [0, 0.05) is 18.5 Å². The lowest BCUT2D eigenvalue weighted by atomic mass is 10.0. The van der Waals surface area contributed by atoms with E-state index < -0.39 is 18.9 Å². The second kappa shape index (κ2) is 7.23. The standard InChI is InChI=1S/C18H18F3NO3/c19-18(20,21)11-25-13-4-1-3-12(9-13)10-22-15-6-2-5-14-16(23)7-8-24-17(14)15/h1-6,9,16,22-23H,7-8,10-11H2. The van der Waals surface area contributed by atoms with Gasteiger partial charge in [-0.2, -0.15) is 13.2 Å². The van der Waals surface area contributed by atoms with Gasteiger partial charge in [-0.05, 0) is 23.8 Å². The van der Waals surface area contributed by atoms with E-state index in [1.807, 2.05) is 18.2 Å². The summed E-state index contributed by atoms with van der Waals surface area (Å²) in [7, 11) is 0. The Balaban J connectivity index is 1.67. The van der Waals surface area contributed by atoms with Crippen LogP contribution >= 0.6 is 0 Å². The van der Waals surface area contributed by atoms with Gasteiger partial charge in [0.1, 0.15) is 11.5 Å². The molecule has 0 radical (unpaired) electrons. The smallest absolute Gasteiger partial charge is 0.422 e. The van der Waals surface area contributed by atoms with Crippen LogP contribution in [0.15, 0.2) is 42.5 Å². The lowest BCUT2D eigenvalue weighted by Gasteiger charge is -2.24. The van der Waals surface area contributed by atoms with E-state index in [1.165, 1.54) is 6.07 Å². The number of para-hydroxylation sites is 1. The van der Waals surface area contributed by atoms with Crippen molar-refractivity contribution in [3.63, 3.8) is 0 Å². The minimum Gasteiger partial charge on any atom is -0.491 e. The van der Waals surface area contributed by atoms with Crippen LogP contribution in [0.25, 0.3) is 0 Å². The molecule has 25 heavy (non-hydrogen) atoms. The van der Waals surface area contributed by atoms with Crippen molar-refractivity contribution in [2.45, 2.75) is 25.2 Å². The Morgan fingerprint density at radius 3 is 2.80 bits per heavy atom. The van der Waals surface area contributed by atoms with Crippen molar-refractivity contribution in [3.8, 4) is 11.5 Å². The van der Waals surface area contributed by atoms with Gasteiger partial charge in [0.25, 0.3) is 0 Å². The minimum absolute atomic E-state index is 0.165. The van der Waals surface area contributed by atoms with Crippen LogP contribution in [0.4, 0.5) is 18.9 Å². The fourth-order valence-electron chi connectivity index (χ4n) is 2.65. The molecular formula is C18H18F3NO3. The van der Waals surface area contributed by atoms with E-state index in [-0.39, 0.29) is 5.75 Å². The molecule has 0 saturated carbocycles. The second-order valence-corrected chi connectivity index (χ2v) is 5.78. The largest absolute Gasteiger partial charge is 0.491 e. The summed E-state index contributed by atoms with van der Waals surface area (Å²) >= 11 is 0. The number of aliphatic hydroxyl groups is 1. The molecule has 0 fully saturated rings. The van der Waals surface area contributed by atoms with Crippen molar-refractivity contribution in [3.05, 3.63) is 53.6 Å². The zero-order chi connectivity index (χ0) is 17.9. The highest BCUT2D eigenvalue weighted by Crippen LogP contribution is 2.38. The van der Waals surface area contributed by atoms with E-state index in [0.717, 1.165) is 16.8 Å². The Morgan fingerprint density at radius 2 is 2.00 bits per heavy atom. The number of nitrogens with one attached hydrogen (secondary N) is 1. The number of alkyl halides is 3. The monoisotopic (exact) mass is 353 g/mol. The first-order valence-corrected chi connectivity index (χ1v) is 7.88. The third-order valence-corrected chi connectivity index (χ3v) is 3.83. The predicted molar refractivity (Wildman–Crippen MR) is 86.8 cm³/mol. The summed E-state index contributed by atoms with van der Waals surface area (Å²) in [5.74, 6) is 0.782. The van der Waals surface area contributed by atoms with Gasteiger partial charge in [0.2, 0.25) is 0 Å². The number of aliphatic hydroxyl groups excluding tert-OH is 1. The van der Waals surface area contributed by atoms with E-state index in [2.05, 4.69) is 5.32 Å². The molecule has 2 aromatic rings. The SMILES string of the molecule is OC1CCOc2c(NCc3cccc(OCC(F)(F)F)c3)cccc21. The molecule has 0 bridgehead atoms. The normalized spacial score (nSPS) is 16.7. The summed E-state index contributed by atoms with van der Waals surface area (Å²) in [6.07, 6.45) is -4.37. The summed E-state index contributed by atoms with van der Waals surface area (Å²) in [4.78, 5) is 0. The third-order valence-electron chi connectivity index (χ3n) is 3.83. The van der Waals surface area contributed by atoms with Gasteiger partial charge in [0.15, 0.2) is 6.61 Å². The first-order valence-electron chi connectivity index (χ1n) is 7.88. The second-order valence-electron chi connectivity index (χ2n) is 5.78. The molecule has 3 rings (SSSR count). The Hall–Kier alpha value is -2.41. The zero-order valence-corrected chi connectivity index (χ0v) is 13.3. The summed E-state index contributed by atoms with van der Waals surface area (Å²) < 4.78 is 47.1. The Kier molecular flexibility index (Phi) is 5.03. The van der Waals surface area contributed by atoms with Crippen LogP contribution in [-0.4, -0.2) is 24.5 Å². The van der Waals surface area contributed by atoms with Crippen LogP contribution in [0.3, 0.4) is 0 Å². The molecule has 1 aliphatic rings. The number of hydrogen-bond donors (Lipinski definition) is 2. The van der Waals surface area contributed by atoms with Gasteiger partial charge in [-0.15, -0.1) is 0 Å². The maximum absolute atomic E-state index is 12.2. The van der Waals surface area contributed by atoms with E-state index in [0.29, 0.717) is 25.3 Å². The third kappa shape index (κ3) is 4.57. The van der Waals surface area contributed by atoms with Crippen LogP contribution in [-0.2, 0) is 6.54 Å². The predicted octanol–water partition coefficient (Wildman–Crippen LogP) is 4.06. The number of hydrogen-bond acceptors (Lipinski definition) is 4. The molecule has 1 heterocycles. The molecular weight excluding hydrogens is 335 g/mol. The molecule has 0 aliphatic carbocycles. The Bertz CT molecular complexity index is 734. The first kappa shape index (κ1) is 17.4. The van der Waals surface area contributed by atoms with Crippen molar-refractivity contribution < 1.29 is 27.8 Å². The number of benzene rings is 2. The molecule has 1 aliphatic heterocycles. The molecule has 134 valence electrons. The van der Waals surface area contributed by atoms with Crippen molar-refractivity contribution in [2.75, 3.05) is 18.5 Å². The Morgan fingerprint density at radius 1 is 1.20 bits per heavy atom. The van der Waals surface area contributed by atoms with E-state index in [1.54, 1.807) is 18.2 Å². The highest BCUT2D eigenvalue weighted by Gasteiger charge is 2.28. The van der Waals surface area contributed by atoms with Gasteiger partial charge < -0.3 is 19.9 Å². The van der Waals surface area contributed by atoms with Gasteiger partial charge in [-0.25, -0.2) is 0 Å². The van der Waals surface area contributed by atoms with Crippen LogP contribution in [0.2, 0.25) is 0 Å². The Labute approximate surface area is 143 Å². The van der Waals surface area contributed by atoms with Crippen molar-refractivity contribution in [2.24, 2.45) is 0 Å². The summed E-state index contributed by atoms with van der Waals surface area (Å²) in [5, 5.41) is 13.2. The van der Waals surface area contributed by atoms with Gasteiger partial charge in [0.05, 0.1) is 18.4 Å². The van der Waals surface area contributed by atoms with Crippen LogP contribution in [0, 0.1) is 0 Å². The molecule has 2 aromatic carbocycles. The molecule has 1 atom stereocenters. The molecule has 2 N–H and O–H groups in total. The zero-order valence-electron chi connectivity index (χ0n) is 13.3. The van der Waals surface area contributed by atoms with E-state index in [4.69, 9.17) is 9.47 Å². The van der Waals surface area contributed by atoms with Gasteiger partial charge in [-0.1, -0.05) is 24.3 Å².